The van der Waals surface area contributed by atoms with Crippen molar-refractivity contribution in [3.63, 3.8) is 0 Å². The summed E-state index contributed by atoms with van der Waals surface area (Å²) in [5.74, 6) is 0.379. The molecule has 3 aromatic rings. The summed E-state index contributed by atoms with van der Waals surface area (Å²) >= 11 is 0. The zero-order valence-corrected chi connectivity index (χ0v) is 17.7. The van der Waals surface area contributed by atoms with Crippen LogP contribution in [0.15, 0.2) is 101 Å². The van der Waals surface area contributed by atoms with E-state index in [1.54, 1.807) is 0 Å². The second kappa shape index (κ2) is 11.1. The molecular formula is C26H29N5. The average Bonchev–Trinajstić information content (AvgIpc) is 2.84. The van der Waals surface area contributed by atoms with Gasteiger partial charge in [0.05, 0.1) is 23.3 Å². The van der Waals surface area contributed by atoms with Gasteiger partial charge in [0, 0.05) is 12.5 Å². The number of hydrogen-bond donors (Lipinski definition) is 2. The van der Waals surface area contributed by atoms with Crippen LogP contribution in [0.5, 0.6) is 0 Å². The number of piperidine rings is 1. The standard InChI is InChI=1S/C26H29N5/c1-4-10-22(11-5-1)21-31-18-16-23(17-19-31)26(30-29-25-14-8-3-9-15-25)20-27-28-24-12-6-2-7-13-24/h1-15,20,23,28-29H,16-19,21H2/b27-20+,30-26+. The van der Waals surface area contributed by atoms with Gasteiger partial charge in [-0.25, -0.2) is 0 Å². The SMILES string of the molecule is C(=N\Nc1ccccc1)/C(=N\Nc1ccccc1)C1CCN(Cc2ccccc2)CC1. The van der Waals surface area contributed by atoms with Crippen LogP contribution < -0.4 is 10.9 Å². The van der Waals surface area contributed by atoms with Crippen molar-refractivity contribution in [3.8, 4) is 0 Å². The number of anilines is 2. The van der Waals surface area contributed by atoms with Crippen LogP contribution in [0.2, 0.25) is 0 Å². The number of rotatable bonds is 8. The molecule has 5 heteroatoms. The summed E-state index contributed by atoms with van der Waals surface area (Å²) in [4.78, 5) is 2.52. The van der Waals surface area contributed by atoms with Crippen LogP contribution >= 0.6 is 0 Å². The molecule has 5 nitrogen and oxygen atoms in total. The van der Waals surface area contributed by atoms with E-state index in [4.69, 9.17) is 5.10 Å². The molecule has 0 saturated carbocycles. The van der Waals surface area contributed by atoms with E-state index in [-0.39, 0.29) is 0 Å². The fraction of sp³-hybridized carbons (Fsp3) is 0.231. The van der Waals surface area contributed by atoms with E-state index < -0.39 is 0 Å². The van der Waals surface area contributed by atoms with Crippen molar-refractivity contribution < 1.29 is 0 Å². The molecule has 0 aromatic heterocycles. The maximum atomic E-state index is 4.72. The Morgan fingerprint density at radius 3 is 1.94 bits per heavy atom. The first-order chi connectivity index (χ1) is 15.4. The molecule has 0 amide bonds. The molecule has 1 heterocycles. The first-order valence-electron chi connectivity index (χ1n) is 10.9. The van der Waals surface area contributed by atoms with E-state index in [1.165, 1.54) is 5.56 Å². The molecule has 0 radical (unpaired) electrons. The van der Waals surface area contributed by atoms with Crippen molar-refractivity contribution in [3.05, 3.63) is 96.6 Å². The highest BCUT2D eigenvalue weighted by Crippen LogP contribution is 2.21. The van der Waals surface area contributed by atoms with Gasteiger partial charge in [-0.15, -0.1) is 0 Å². The van der Waals surface area contributed by atoms with Crippen LogP contribution in [-0.4, -0.2) is 29.9 Å². The van der Waals surface area contributed by atoms with Crippen molar-refractivity contribution in [1.82, 2.24) is 4.90 Å². The zero-order chi connectivity index (χ0) is 21.1. The zero-order valence-electron chi connectivity index (χ0n) is 17.7. The smallest absolute Gasteiger partial charge is 0.0839 e. The lowest BCUT2D eigenvalue weighted by molar-refractivity contribution is 0.202. The van der Waals surface area contributed by atoms with Gasteiger partial charge in [-0.05, 0) is 55.8 Å². The van der Waals surface area contributed by atoms with Gasteiger partial charge in [-0.2, -0.15) is 10.2 Å². The Hall–Kier alpha value is -3.44. The van der Waals surface area contributed by atoms with Crippen molar-refractivity contribution in [1.29, 1.82) is 0 Å². The lowest BCUT2D eigenvalue weighted by atomic mass is 9.92. The summed E-state index contributed by atoms with van der Waals surface area (Å²) in [7, 11) is 0. The first-order valence-corrected chi connectivity index (χ1v) is 10.9. The summed E-state index contributed by atoms with van der Waals surface area (Å²) in [5.41, 5.74) is 10.6. The number of likely N-dealkylation sites (tertiary alicyclic amines) is 1. The molecule has 1 aliphatic heterocycles. The molecule has 158 valence electrons. The maximum absolute atomic E-state index is 4.72. The highest BCUT2D eigenvalue weighted by molar-refractivity contribution is 6.31. The fourth-order valence-corrected chi connectivity index (χ4v) is 3.78. The molecule has 0 aliphatic carbocycles. The van der Waals surface area contributed by atoms with E-state index in [9.17, 15) is 0 Å². The molecule has 31 heavy (non-hydrogen) atoms. The highest BCUT2D eigenvalue weighted by atomic mass is 15.3. The highest BCUT2D eigenvalue weighted by Gasteiger charge is 2.23. The van der Waals surface area contributed by atoms with Crippen molar-refractivity contribution in [2.24, 2.45) is 16.1 Å². The van der Waals surface area contributed by atoms with Crippen molar-refractivity contribution in [2.75, 3.05) is 23.9 Å². The molecule has 3 aromatic carbocycles. The molecular weight excluding hydrogens is 382 g/mol. The van der Waals surface area contributed by atoms with Crippen LogP contribution in [0.3, 0.4) is 0 Å². The van der Waals surface area contributed by atoms with E-state index in [0.717, 1.165) is 49.6 Å². The van der Waals surface area contributed by atoms with Crippen LogP contribution in [0.1, 0.15) is 18.4 Å². The molecule has 1 aliphatic rings. The van der Waals surface area contributed by atoms with E-state index in [0.29, 0.717) is 5.92 Å². The van der Waals surface area contributed by atoms with Crippen LogP contribution in [0.25, 0.3) is 0 Å². The van der Waals surface area contributed by atoms with Gasteiger partial charge in [-0.1, -0.05) is 66.7 Å². The van der Waals surface area contributed by atoms with E-state index >= 15 is 0 Å². The third-order valence-corrected chi connectivity index (χ3v) is 5.51. The Balaban J connectivity index is 1.40. The number of benzene rings is 3. The Kier molecular flexibility index (Phi) is 7.45. The summed E-state index contributed by atoms with van der Waals surface area (Å²) in [5, 5.41) is 9.17. The molecule has 0 atom stereocenters. The number of hydrazone groups is 2. The number of para-hydroxylation sites is 2. The van der Waals surface area contributed by atoms with Gasteiger partial charge in [0.25, 0.3) is 0 Å². The third-order valence-electron chi connectivity index (χ3n) is 5.51. The van der Waals surface area contributed by atoms with Crippen LogP contribution in [-0.2, 0) is 6.54 Å². The predicted molar refractivity (Wildman–Crippen MR) is 130 cm³/mol. The topological polar surface area (TPSA) is 52.0 Å². The van der Waals surface area contributed by atoms with E-state index in [1.807, 2.05) is 66.9 Å². The summed E-state index contributed by atoms with van der Waals surface area (Å²) in [6.45, 7) is 3.12. The van der Waals surface area contributed by atoms with Crippen molar-refractivity contribution in [2.45, 2.75) is 19.4 Å². The Labute approximate surface area is 184 Å². The Morgan fingerprint density at radius 1 is 0.774 bits per heavy atom. The minimum absolute atomic E-state index is 0.379. The van der Waals surface area contributed by atoms with Crippen LogP contribution in [0.4, 0.5) is 11.4 Å². The van der Waals surface area contributed by atoms with Gasteiger partial charge in [0.15, 0.2) is 0 Å². The minimum atomic E-state index is 0.379. The second-order valence-electron chi connectivity index (χ2n) is 7.79. The predicted octanol–water partition coefficient (Wildman–Crippen LogP) is 5.46. The molecule has 0 spiro atoms. The normalized spacial score (nSPS) is 15.8. The lowest BCUT2D eigenvalue weighted by Crippen LogP contribution is -2.36. The minimum Gasteiger partial charge on any atom is -0.299 e. The van der Waals surface area contributed by atoms with E-state index in [2.05, 4.69) is 51.2 Å². The summed E-state index contributed by atoms with van der Waals surface area (Å²) < 4.78 is 0. The number of hydrogen-bond acceptors (Lipinski definition) is 5. The van der Waals surface area contributed by atoms with Gasteiger partial charge >= 0.3 is 0 Å². The maximum Gasteiger partial charge on any atom is 0.0839 e. The molecule has 1 saturated heterocycles. The molecule has 0 bridgehead atoms. The Bertz CT molecular complexity index is 962. The monoisotopic (exact) mass is 411 g/mol. The van der Waals surface area contributed by atoms with Gasteiger partial charge in [0.1, 0.15) is 0 Å². The fourth-order valence-electron chi connectivity index (χ4n) is 3.78. The third kappa shape index (κ3) is 6.52. The van der Waals surface area contributed by atoms with Crippen LogP contribution in [0, 0.1) is 5.92 Å². The summed E-state index contributed by atoms with van der Waals surface area (Å²) in [6.07, 6.45) is 4.00. The van der Waals surface area contributed by atoms with Gasteiger partial charge in [0.2, 0.25) is 0 Å². The van der Waals surface area contributed by atoms with Crippen molar-refractivity contribution >= 4 is 23.3 Å². The molecule has 0 unspecified atom stereocenters. The average molecular weight is 412 g/mol. The number of nitrogens with zero attached hydrogens (tertiary/aromatic N) is 3. The summed E-state index contributed by atoms with van der Waals surface area (Å²) in [6, 6.07) is 30.7. The van der Waals surface area contributed by atoms with Gasteiger partial charge < -0.3 is 0 Å². The van der Waals surface area contributed by atoms with Gasteiger partial charge in [-0.3, -0.25) is 15.8 Å². The molecule has 1 fully saturated rings. The quantitative estimate of drug-likeness (QED) is 0.382. The molecule has 4 rings (SSSR count). The first kappa shape index (κ1) is 20.8. The number of nitrogens with one attached hydrogen (secondary N) is 2. The Morgan fingerprint density at radius 2 is 1.32 bits per heavy atom. The largest absolute Gasteiger partial charge is 0.299 e. The second-order valence-corrected chi connectivity index (χ2v) is 7.79. The lowest BCUT2D eigenvalue weighted by Gasteiger charge is -2.31. The molecule has 2 N–H and O–H groups in total.